The lowest BCUT2D eigenvalue weighted by molar-refractivity contribution is 0.119. The maximum Gasteiger partial charge on any atom is 0.0141 e. The molecule has 0 bridgehead atoms. The van der Waals surface area contributed by atoms with Crippen LogP contribution >= 0.6 is 0 Å². The summed E-state index contributed by atoms with van der Waals surface area (Å²) in [4.78, 5) is 0. The topological polar surface area (TPSA) is 12.0 Å². The van der Waals surface area contributed by atoms with E-state index in [-0.39, 0.29) is 0 Å². The molecule has 0 spiro atoms. The first-order chi connectivity index (χ1) is 6.10. The molecule has 0 heterocycles. The van der Waals surface area contributed by atoms with Crippen LogP contribution < -0.4 is 5.32 Å². The second-order valence-electron chi connectivity index (χ2n) is 5.23. The highest BCUT2D eigenvalue weighted by atomic mass is 14.9. The van der Waals surface area contributed by atoms with Crippen LogP contribution in [0.15, 0.2) is 0 Å². The largest absolute Gasteiger partial charge is 0.316 e. The van der Waals surface area contributed by atoms with E-state index in [1.807, 2.05) is 0 Å². The fourth-order valence-electron chi connectivity index (χ4n) is 3.16. The lowest BCUT2D eigenvalue weighted by Crippen LogP contribution is -2.46. The molecule has 0 radical (unpaired) electrons. The van der Waals surface area contributed by atoms with Gasteiger partial charge in [-0.1, -0.05) is 40.0 Å². The Bertz CT molecular complexity index is 145. The second kappa shape index (κ2) is 4.45. The van der Waals surface area contributed by atoms with Crippen molar-refractivity contribution in [2.24, 2.45) is 11.3 Å². The molecule has 1 aliphatic rings. The molecule has 78 valence electrons. The summed E-state index contributed by atoms with van der Waals surface area (Å²) < 4.78 is 0. The SMILES string of the molecule is CNC(C(C)C)C1(C)CCCCC1. The van der Waals surface area contributed by atoms with Crippen LogP contribution in [0.4, 0.5) is 0 Å². The summed E-state index contributed by atoms with van der Waals surface area (Å²) in [6.45, 7) is 7.13. The van der Waals surface area contributed by atoms with Gasteiger partial charge in [0.1, 0.15) is 0 Å². The van der Waals surface area contributed by atoms with Crippen LogP contribution in [-0.2, 0) is 0 Å². The van der Waals surface area contributed by atoms with Crippen LogP contribution in [-0.4, -0.2) is 13.1 Å². The Labute approximate surface area is 83.3 Å². The maximum absolute atomic E-state index is 3.51. The average molecular weight is 183 g/mol. The molecule has 1 N–H and O–H groups in total. The van der Waals surface area contributed by atoms with E-state index in [9.17, 15) is 0 Å². The van der Waals surface area contributed by atoms with E-state index in [2.05, 4.69) is 33.1 Å². The standard InChI is InChI=1S/C12H25N/c1-10(2)11(13-4)12(3)8-6-5-7-9-12/h10-11,13H,5-9H2,1-4H3. The zero-order valence-corrected chi connectivity index (χ0v) is 9.69. The van der Waals surface area contributed by atoms with Crippen LogP contribution in [0.3, 0.4) is 0 Å². The second-order valence-corrected chi connectivity index (χ2v) is 5.23. The highest BCUT2D eigenvalue weighted by Gasteiger charge is 2.35. The van der Waals surface area contributed by atoms with Crippen molar-refractivity contribution >= 4 is 0 Å². The highest BCUT2D eigenvalue weighted by Crippen LogP contribution is 2.40. The Balaban J connectivity index is 2.63. The number of rotatable bonds is 3. The number of hydrogen-bond donors (Lipinski definition) is 1. The fourth-order valence-corrected chi connectivity index (χ4v) is 3.16. The zero-order valence-electron chi connectivity index (χ0n) is 9.69. The lowest BCUT2D eigenvalue weighted by atomic mass is 9.67. The van der Waals surface area contributed by atoms with Crippen LogP contribution in [0.5, 0.6) is 0 Å². The lowest BCUT2D eigenvalue weighted by Gasteiger charge is -2.43. The smallest absolute Gasteiger partial charge is 0.0141 e. The molecule has 1 nitrogen and oxygen atoms in total. The van der Waals surface area contributed by atoms with Gasteiger partial charge in [0.05, 0.1) is 0 Å². The van der Waals surface area contributed by atoms with Crippen molar-refractivity contribution < 1.29 is 0 Å². The van der Waals surface area contributed by atoms with Crippen LogP contribution in [0.2, 0.25) is 0 Å². The van der Waals surface area contributed by atoms with Crippen molar-refractivity contribution in [1.82, 2.24) is 5.32 Å². The predicted octanol–water partition coefficient (Wildman–Crippen LogP) is 3.20. The minimum atomic E-state index is 0.557. The normalized spacial score (nSPS) is 24.7. The Kier molecular flexibility index (Phi) is 3.78. The number of nitrogens with one attached hydrogen (secondary N) is 1. The van der Waals surface area contributed by atoms with Gasteiger partial charge < -0.3 is 5.32 Å². The molecule has 0 saturated heterocycles. The summed E-state index contributed by atoms with van der Waals surface area (Å²) in [6, 6.07) is 0.702. The third-order valence-corrected chi connectivity index (χ3v) is 3.72. The summed E-state index contributed by atoms with van der Waals surface area (Å²) in [7, 11) is 2.12. The van der Waals surface area contributed by atoms with Gasteiger partial charge in [-0.15, -0.1) is 0 Å². The van der Waals surface area contributed by atoms with Crippen LogP contribution in [0.25, 0.3) is 0 Å². The molecule has 0 aromatic heterocycles. The van der Waals surface area contributed by atoms with E-state index in [1.54, 1.807) is 0 Å². The number of hydrogen-bond acceptors (Lipinski definition) is 1. The summed E-state index contributed by atoms with van der Waals surface area (Å²) in [6.07, 6.45) is 7.14. The van der Waals surface area contributed by atoms with Gasteiger partial charge in [-0.2, -0.15) is 0 Å². The van der Waals surface area contributed by atoms with E-state index < -0.39 is 0 Å². The Morgan fingerprint density at radius 3 is 2.00 bits per heavy atom. The van der Waals surface area contributed by atoms with Crippen molar-refractivity contribution in [3.63, 3.8) is 0 Å². The molecule has 1 saturated carbocycles. The summed E-state index contributed by atoms with van der Waals surface area (Å²) in [5.41, 5.74) is 0.557. The molecule has 0 aromatic carbocycles. The molecule has 1 unspecified atom stereocenters. The van der Waals surface area contributed by atoms with Gasteiger partial charge in [-0.3, -0.25) is 0 Å². The Morgan fingerprint density at radius 1 is 1.08 bits per heavy atom. The minimum Gasteiger partial charge on any atom is -0.316 e. The van der Waals surface area contributed by atoms with Gasteiger partial charge >= 0.3 is 0 Å². The third kappa shape index (κ3) is 2.46. The Morgan fingerprint density at radius 2 is 1.62 bits per heavy atom. The van der Waals surface area contributed by atoms with Gasteiger partial charge in [0.2, 0.25) is 0 Å². The van der Waals surface area contributed by atoms with Crippen molar-refractivity contribution in [3.8, 4) is 0 Å². The van der Waals surface area contributed by atoms with Crippen LogP contribution in [0, 0.1) is 11.3 Å². The van der Waals surface area contributed by atoms with Gasteiger partial charge in [-0.25, -0.2) is 0 Å². The summed E-state index contributed by atoms with van der Waals surface area (Å²) in [5.74, 6) is 0.757. The van der Waals surface area contributed by atoms with E-state index in [1.165, 1.54) is 32.1 Å². The minimum absolute atomic E-state index is 0.557. The van der Waals surface area contributed by atoms with Crippen LogP contribution in [0.1, 0.15) is 52.9 Å². The fraction of sp³-hybridized carbons (Fsp3) is 1.00. The Hall–Kier alpha value is -0.0400. The van der Waals surface area contributed by atoms with E-state index in [0.29, 0.717) is 11.5 Å². The van der Waals surface area contributed by atoms with Gasteiger partial charge in [0.15, 0.2) is 0 Å². The van der Waals surface area contributed by atoms with E-state index in [4.69, 9.17) is 0 Å². The van der Waals surface area contributed by atoms with Crippen molar-refractivity contribution in [1.29, 1.82) is 0 Å². The van der Waals surface area contributed by atoms with Gasteiger partial charge in [0.25, 0.3) is 0 Å². The van der Waals surface area contributed by atoms with Gasteiger partial charge in [0, 0.05) is 6.04 Å². The van der Waals surface area contributed by atoms with E-state index in [0.717, 1.165) is 5.92 Å². The molecule has 1 atom stereocenters. The summed E-state index contributed by atoms with van der Waals surface area (Å²) in [5, 5.41) is 3.51. The van der Waals surface area contributed by atoms with Crippen molar-refractivity contribution in [3.05, 3.63) is 0 Å². The molecule has 0 aliphatic heterocycles. The molecular formula is C12H25N. The molecular weight excluding hydrogens is 158 g/mol. The van der Waals surface area contributed by atoms with Crippen molar-refractivity contribution in [2.45, 2.75) is 58.9 Å². The molecule has 0 amide bonds. The first kappa shape index (κ1) is 11.0. The molecule has 1 fully saturated rings. The molecule has 0 aromatic rings. The molecule has 1 rings (SSSR count). The van der Waals surface area contributed by atoms with Crippen molar-refractivity contribution in [2.75, 3.05) is 7.05 Å². The van der Waals surface area contributed by atoms with Gasteiger partial charge in [-0.05, 0) is 31.2 Å². The molecule has 13 heavy (non-hydrogen) atoms. The summed E-state index contributed by atoms with van der Waals surface area (Å²) >= 11 is 0. The average Bonchev–Trinajstić information content (AvgIpc) is 2.05. The first-order valence-electron chi connectivity index (χ1n) is 5.77. The molecule has 1 heteroatoms. The van der Waals surface area contributed by atoms with E-state index >= 15 is 0 Å². The molecule has 1 aliphatic carbocycles. The third-order valence-electron chi connectivity index (χ3n) is 3.72. The maximum atomic E-state index is 3.51. The quantitative estimate of drug-likeness (QED) is 0.708. The zero-order chi connectivity index (χ0) is 9.90. The monoisotopic (exact) mass is 183 g/mol. The predicted molar refractivity (Wildman–Crippen MR) is 58.9 cm³/mol. The first-order valence-corrected chi connectivity index (χ1v) is 5.77. The highest BCUT2D eigenvalue weighted by molar-refractivity contribution is 4.90.